The van der Waals surface area contributed by atoms with Crippen LogP contribution in [0.5, 0.6) is 5.75 Å². The smallest absolute Gasteiger partial charge is 0.323 e. The molecular weight excluding hydrogens is 510 g/mol. The highest BCUT2D eigenvalue weighted by Gasteiger charge is 2.29. The van der Waals surface area contributed by atoms with E-state index in [0.717, 1.165) is 22.3 Å². The second kappa shape index (κ2) is 10.2. The van der Waals surface area contributed by atoms with E-state index in [-0.39, 0.29) is 23.4 Å². The van der Waals surface area contributed by atoms with E-state index < -0.39 is 6.03 Å². The van der Waals surface area contributed by atoms with Gasteiger partial charge < -0.3 is 30.6 Å². The van der Waals surface area contributed by atoms with E-state index in [4.69, 9.17) is 10.5 Å². The molecule has 0 spiro atoms. The van der Waals surface area contributed by atoms with Gasteiger partial charge in [0.2, 0.25) is 11.7 Å². The molecule has 202 valence electrons. The van der Waals surface area contributed by atoms with Crippen LogP contribution in [0.25, 0.3) is 17.1 Å². The van der Waals surface area contributed by atoms with E-state index in [2.05, 4.69) is 25.5 Å². The van der Waals surface area contributed by atoms with Crippen molar-refractivity contribution in [1.82, 2.24) is 14.5 Å². The normalized spacial score (nSPS) is 16.2. The number of hydrogen-bond acceptors (Lipinski definition) is 7. The summed E-state index contributed by atoms with van der Waals surface area (Å²) in [6.07, 6.45) is 9.94. The molecule has 0 unspecified atom stereocenters. The van der Waals surface area contributed by atoms with Crippen molar-refractivity contribution in [3.63, 3.8) is 0 Å². The van der Waals surface area contributed by atoms with Crippen LogP contribution in [0, 0.1) is 5.92 Å². The zero-order valence-electron chi connectivity index (χ0n) is 21.8. The Bertz CT molecular complexity index is 1670. The molecule has 0 radical (unpaired) electrons. The number of Topliss-reactive ketones (excluding diaryl/α,β-unsaturated/α-hetero) is 1. The first-order chi connectivity index (χ1) is 19.4. The lowest BCUT2D eigenvalue weighted by atomic mass is 9.95. The number of allylic oxidation sites excluding steroid dienone is 1. The minimum atomic E-state index is -0.453. The number of benzene rings is 1. The molecule has 3 amide bonds. The van der Waals surface area contributed by atoms with Gasteiger partial charge in [-0.2, -0.15) is 0 Å². The maximum Gasteiger partial charge on any atom is 0.323 e. The molecule has 40 heavy (non-hydrogen) atoms. The number of anilines is 3. The van der Waals surface area contributed by atoms with Crippen molar-refractivity contribution in [3.05, 3.63) is 78.1 Å². The van der Waals surface area contributed by atoms with Gasteiger partial charge in [-0.05, 0) is 55.3 Å². The number of ketones is 1. The number of fused-ring (bicyclic) bond motifs is 2. The summed E-state index contributed by atoms with van der Waals surface area (Å²) in [7, 11) is 1.90. The minimum Gasteiger partial charge on any atom is -0.452 e. The monoisotopic (exact) mass is 537 g/mol. The molecular formula is C29H27N7O4. The molecule has 2 aliphatic rings. The average molecular weight is 538 g/mol. The fraction of sp³-hybridized carbons (Fsp3) is 0.207. The number of ether oxygens (including phenoxy) is 1. The molecule has 1 saturated heterocycles. The SMILES string of the molecule is Cn1cc(/C=C2\Oc3ccc(NC(=O)Nc4cccnc4)cc3C2=O)c2c(N3CCC(C(N)=O)CC3)ccnc21. The number of carbonyl (C=O) groups is 3. The molecule has 6 rings (SSSR count). The predicted octanol–water partition coefficient (Wildman–Crippen LogP) is 3.93. The lowest BCUT2D eigenvalue weighted by Gasteiger charge is -2.32. The van der Waals surface area contributed by atoms with Crippen molar-refractivity contribution >= 4 is 51.9 Å². The number of aryl methyl sites for hydroxylation is 1. The molecule has 1 fully saturated rings. The number of rotatable bonds is 5. The quantitative estimate of drug-likeness (QED) is 0.327. The number of pyridine rings is 2. The van der Waals surface area contributed by atoms with Crippen LogP contribution in [-0.4, -0.2) is 45.3 Å². The minimum absolute atomic E-state index is 0.116. The summed E-state index contributed by atoms with van der Waals surface area (Å²) in [4.78, 5) is 48.2. The fourth-order valence-electron chi connectivity index (χ4n) is 5.24. The van der Waals surface area contributed by atoms with Crippen molar-refractivity contribution in [2.24, 2.45) is 18.7 Å². The number of hydrogen-bond donors (Lipinski definition) is 3. The van der Waals surface area contributed by atoms with E-state index in [9.17, 15) is 14.4 Å². The number of amides is 3. The number of piperidine rings is 1. The molecule has 11 nitrogen and oxygen atoms in total. The third-order valence-electron chi connectivity index (χ3n) is 7.23. The highest BCUT2D eigenvalue weighted by molar-refractivity contribution is 6.16. The zero-order chi connectivity index (χ0) is 27.8. The molecule has 0 saturated carbocycles. The summed E-state index contributed by atoms with van der Waals surface area (Å²) in [5.41, 5.74) is 9.43. The van der Waals surface area contributed by atoms with E-state index in [1.165, 1.54) is 6.20 Å². The van der Waals surface area contributed by atoms with Gasteiger partial charge >= 0.3 is 6.03 Å². The van der Waals surface area contributed by atoms with Crippen molar-refractivity contribution < 1.29 is 19.1 Å². The Labute approximate surface area is 229 Å². The highest BCUT2D eigenvalue weighted by Crippen LogP contribution is 2.37. The van der Waals surface area contributed by atoms with Crippen LogP contribution >= 0.6 is 0 Å². The number of urea groups is 1. The average Bonchev–Trinajstić information content (AvgIpc) is 3.44. The van der Waals surface area contributed by atoms with Gasteiger partial charge in [-0.15, -0.1) is 0 Å². The van der Waals surface area contributed by atoms with Gasteiger partial charge in [-0.3, -0.25) is 14.6 Å². The number of nitrogens with zero attached hydrogens (tertiary/aromatic N) is 4. The number of carbonyl (C=O) groups excluding carboxylic acids is 3. The third-order valence-corrected chi connectivity index (χ3v) is 7.23. The lowest BCUT2D eigenvalue weighted by molar-refractivity contribution is -0.122. The summed E-state index contributed by atoms with van der Waals surface area (Å²) in [5, 5.41) is 6.33. The molecule has 2 aliphatic heterocycles. The first kappa shape index (κ1) is 25.1. The van der Waals surface area contributed by atoms with Gasteiger partial charge in [-0.25, -0.2) is 9.78 Å². The van der Waals surface area contributed by atoms with E-state index in [1.807, 2.05) is 23.9 Å². The number of primary amides is 1. The van der Waals surface area contributed by atoms with Crippen molar-refractivity contribution in [2.75, 3.05) is 28.6 Å². The van der Waals surface area contributed by atoms with Gasteiger partial charge in [0.15, 0.2) is 5.76 Å². The summed E-state index contributed by atoms with van der Waals surface area (Å²) in [6, 6.07) is 9.87. The number of nitrogens with two attached hydrogens (primary N) is 1. The topological polar surface area (TPSA) is 144 Å². The summed E-state index contributed by atoms with van der Waals surface area (Å²) in [5.74, 6) is -0.0531. The van der Waals surface area contributed by atoms with Crippen LogP contribution in [-0.2, 0) is 11.8 Å². The second-order valence-electron chi connectivity index (χ2n) is 9.86. The Hall–Kier alpha value is -5.19. The van der Waals surface area contributed by atoms with Gasteiger partial charge in [0, 0.05) is 67.0 Å². The molecule has 4 aromatic rings. The van der Waals surface area contributed by atoms with Crippen LogP contribution in [0.1, 0.15) is 28.8 Å². The van der Waals surface area contributed by atoms with Gasteiger partial charge in [0.25, 0.3) is 0 Å². The van der Waals surface area contributed by atoms with E-state index >= 15 is 0 Å². The van der Waals surface area contributed by atoms with Crippen LogP contribution in [0.15, 0.2) is 66.9 Å². The molecule has 0 aliphatic carbocycles. The van der Waals surface area contributed by atoms with Crippen LogP contribution in [0.4, 0.5) is 21.9 Å². The molecule has 4 N–H and O–H groups in total. The van der Waals surface area contributed by atoms with Crippen molar-refractivity contribution in [2.45, 2.75) is 12.8 Å². The molecule has 11 heteroatoms. The lowest BCUT2D eigenvalue weighted by Crippen LogP contribution is -2.38. The van der Waals surface area contributed by atoms with E-state index in [1.54, 1.807) is 48.8 Å². The second-order valence-corrected chi connectivity index (χ2v) is 9.86. The van der Waals surface area contributed by atoms with Gasteiger partial charge in [0.1, 0.15) is 11.4 Å². The zero-order valence-corrected chi connectivity index (χ0v) is 21.8. The molecule has 3 aromatic heterocycles. The Morgan fingerprint density at radius 1 is 1.10 bits per heavy atom. The van der Waals surface area contributed by atoms with Crippen LogP contribution in [0.2, 0.25) is 0 Å². The number of nitrogens with one attached hydrogen (secondary N) is 2. The maximum atomic E-state index is 13.4. The molecule has 1 aromatic carbocycles. The first-order valence-electron chi connectivity index (χ1n) is 12.9. The Morgan fingerprint density at radius 2 is 1.90 bits per heavy atom. The number of aromatic nitrogens is 3. The summed E-state index contributed by atoms with van der Waals surface area (Å²) in [6.45, 7) is 1.39. The predicted molar refractivity (Wildman–Crippen MR) is 151 cm³/mol. The summed E-state index contributed by atoms with van der Waals surface area (Å²) >= 11 is 0. The van der Waals surface area contributed by atoms with Crippen LogP contribution in [0.3, 0.4) is 0 Å². The standard InChI is InChI=1S/C29H27N7O4/c1-35-16-18(25-22(6-10-32-28(25)35)36-11-7-17(8-12-36)27(30)38)13-24-26(37)21-14-19(4-5-23(21)40-24)33-29(39)34-20-3-2-9-31-15-20/h2-6,9-10,13-17H,7-8,11-12H2,1H3,(H2,30,38)(H2,33,34,39)/b24-13-. The first-order valence-corrected chi connectivity index (χ1v) is 12.9. The third kappa shape index (κ3) is 4.73. The van der Waals surface area contributed by atoms with E-state index in [0.29, 0.717) is 48.6 Å². The summed E-state index contributed by atoms with van der Waals surface area (Å²) < 4.78 is 7.86. The Morgan fingerprint density at radius 3 is 2.65 bits per heavy atom. The van der Waals surface area contributed by atoms with Crippen molar-refractivity contribution in [1.29, 1.82) is 0 Å². The molecule has 0 bridgehead atoms. The molecule has 0 atom stereocenters. The Kier molecular flexibility index (Phi) is 6.39. The van der Waals surface area contributed by atoms with Gasteiger partial charge in [-0.1, -0.05) is 0 Å². The Balaban J connectivity index is 1.25. The largest absolute Gasteiger partial charge is 0.452 e. The van der Waals surface area contributed by atoms with Gasteiger partial charge in [0.05, 0.1) is 17.4 Å². The highest BCUT2D eigenvalue weighted by atomic mass is 16.5. The molecule has 5 heterocycles. The van der Waals surface area contributed by atoms with Crippen molar-refractivity contribution in [3.8, 4) is 5.75 Å². The maximum absolute atomic E-state index is 13.4. The van der Waals surface area contributed by atoms with Crippen LogP contribution < -0.4 is 26.0 Å². The fourth-order valence-corrected chi connectivity index (χ4v) is 5.24.